The Bertz CT molecular complexity index is 1400. The lowest BCUT2D eigenvalue weighted by atomic mass is 10.1. The van der Waals surface area contributed by atoms with Gasteiger partial charge in [0.05, 0.1) is 36.5 Å². The van der Waals surface area contributed by atoms with Gasteiger partial charge >= 0.3 is 0 Å². The first-order valence-corrected chi connectivity index (χ1v) is 12.1. The van der Waals surface area contributed by atoms with Gasteiger partial charge < -0.3 is 14.4 Å². The molecule has 1 saturated heterocycles. The molecule has 0 radical (unpaired) electrons. The number of fused-ring (bicyclic) bond motifs is 1. The van der Waals surface area contributed by atoms with E-state index in [9.17, 15) is 14.9 Å². The van der Waals surface area contributed by atoms with E-state index in [0.717, 1.165) is 10.3 Å². The molecule has 1 amide bonds. The maximum absolute atomic E-state index is 13.8. The van der Waals surface area contributed by atoms with Gasteiger partial charge in [-0.15, -0.1) is 0 Å². The van der Waals surface area contributed by atoms with E-state index < -0.39 is 10.8 Å². The van der Waals surface area contributed by atoms with Crippen molar-refractivity contribution in [3.8, 4) is 5.75 Å². The summed E-state index contributed by atoms with van der Waals surface area (Å²) in [6, 6.07) is 13.9. The summed E-state index contributed by atoms with van der Waals surface area (Å²) in [4.78, 5) is 37.6. The molecule has 0 bridgehead atoms. The number of anilines is 2. The normalized spacial score (nSPS) is 13.5. The molecule has 3 heterocycles. The van der Waals surface area contributed by atoms with Crippen LogP contribution in [0.4, 0.5) is 16.5 Å². The number of morpholine rings is 1. The highest BCUT2D eigenvalue weighted by Crippen LogP contribution is 2.36. The molecule has 1 fully saturated rings. The molecular weight excluding hydrogens is 482 g/mol. The van der Waals surface area contributed by atoms with Gasteiger partial charge in [-0.3, -0.25) is 24.8 Å². The molecule has 36 heavy (non-hydrogen) atoms. The zero-order valence-electron chi connectivity index (χ0n) is 19.5. The van der Waals surface area contributed by atoms with E-state index in [1.165, 1.54) is 22.3 Å². The van der Waals surface area contributed by atoms with E-state index in [4.69, 9.17) is 14.5 Å². The molecule has 0 atom stereocenters. The number of amides is 1. The summed E-state index contributed by atoms with van der Waals surface area (Å²) in [6.45, 7) is 2.30. The average Bonchev–Trinajstić information content (AvgIpc) is 3.36. The van der Waals surface area contributed by atoms with Crippen LogP contribution in [0.1, 0.15) is 15.9 Å². The van der Waals surface area contributed by atoms with Gasteiger partial charge in [0, 0.05) is 37.1 Å². The molecule has 0 aliphatic carbocycles. The number of nitro groups is 1. The van der Waals surface area contributed by atoms with Crippen LogP contribution in [0.25, 0.3) is 10.2 Å². The van der Waals surface area contributed by atoms with Crippen molar-refractivity contribution >= 4 is 44.0 Å². The van der Waals surface area contributed by atoms with Crippen LogP contribution in [0.5, 0.6) is 5.75 Å². The standard InChI is InChI=1S/C25H23N5O5S/c1-34-21-5-2-6-22-23(21)27-25(36-22)29(16-17-4-3-9-26-15-17)24(31)18-7-8-19(20(14-18)30(32)33)28-10-12-35-13-11-28/h2-9,14-15H,10-13,16H2,1H3. The molecule has 5 rings (SSSR count). The minimum atomic E-state index is -0.449. The topological polar surface area (TPSA) is 111 Å². The van der Waals surface area contributed by atoms with Gasteiger partial charge in [0.2, 0.25) is 0 Å². The number of benzene rings is 2. The van der Waals surface area contributed by atoms with Crippen LogP contribution in [0, 0.1) is 10.1 Å². The largest absolute Gasteiger partial charge is 0.494 e. The van der Waals surface area contributed by atoms with Crippen molar-refractivity contribution in [3.05, 3.63) is 82.2 Å². The number of rotatable bonds is 7. The zero-order valence-corrected chi connectivity index (χ0v) is 20.3. The first kappa shape index (κ1) is 23.6. The minimum absolute atomic E-state index is 0.116. The molecular formula is C25H23N5O5S. The molecule has 0 saturated carbocycles. The quantitative estimate of drug-likeness (QED) is 0.270. The lowest BCUT2D eigenvalue weighted by molar-refractivity contribution is -0.384. The van der Waals surface area contributed by atoms with E-state index in [0.29, 0.717) is 48.4 Å². The Morgan fingerprint density at radius 2 is 2.06 bits per heavy atom. The lowest BCUT2D eigenvalue weighted by Crippen LogP contribution is -2.36. The van der Waals surface area contributed by atoms with Crippen molar-refractivity contribution in [2.75, 3.05) is 43.2 Å². The number of nitro benzene ring substituents is 1. The number of pyridine rings is 1. The van der Waals surface area contributed by atoms with E-state index in [1.54, 1.807) is 37.7 Å². The Hall–Kier alpha value is -4.09. The zero-order chi connectivity index (χ0) is 25.1. The number of hydrogen-bond donors (Lipinski definition) is 0. The maximum atomic E-state index is 13.8. The smallest absolute Gasteiger partial charge is 0.293 e. The van der Waals surface area contributed by atoms with E-state index in [1.807, 2.05) is 29.2 Å². The Labute approximate surface area is 210 Å². The van der Waals surface area contributed by atoms with Crippen molar-refractivity contribution in [1.29, 1.82) is 0 Å². The molecule has 1 aliphatic rings. The SMILES string of the molecule is COc1cccc2sc(N(Cc3cccnc3)C(=O)c3ccc(N4CCOCC4)c([N+](=O)[O-])c3)nc12. The number of ether oxygens (including phenoxy) is 2. The second-order valence-electron chi connectivity index (χ2n) is 8.12. The van der Waals surface area contributed by atoms with Crippen molar-refractivity contribution in [1.82, 2.24) is 9.97 Å². The summed E-state index contributed by atoms with van der Waals surface area (Å²) in [7, 11) is 1.57. The highest BCUT2D eigenvalue weighted by molar-refractivity contribution is 7.22. The number of aromatic nitrogens is 2. The highest BCUT2D eigenvalue weighted by atomic mass is 32.1. The Morgan fingerprint density at radius 1 is 1.22 bits per heavy atom. The van der Waals surface area contributed by atoms with Gasteiger partial charge in [0.1, 0.15) is 17.0 Å². The van der Waals surface area contributed by atoms with Gasteiger partial charge in [0.25, 0.3) is 11.6 Å². The molecule has 184 valence electrons. The van der Waals surface area contributed by atoms with Crippen molar-refractivity contribution in [2.45, 2.75) is 6.54 Å². The summed E-state index contributed by atoms with van der Waals surface area (Å²) in [5.41, 5.74) is 2.02. The third-order valence-electron chi connectivity index (χ3n) is 5.90. The summed E-state index contributed by atoms with van der Waals surface area (Å²) in [5.74, 6) is 0.211. The van der Waals surface area contributed by atoms with E-state index in [-0.39, 0.29) is 17.8 Å². The summed E-state index contributed by atoms with van der Waals surface area (Å²) in [5, 5.41) is 12.4. The van der Waals surface area contributed by atoms with Gasteiger partial charge in [-0.2, -0.15) is 0 Å². The summed E-state index contributed by atoms with van der Waals surface area (Å²) >= 11 is 1.35. The molecule has 10 nitrogen and oxygen atoms in total. The molecule has 2 aromatic heterocycles. The number of para-hydroxylation sites is 1. The second kappa shape index (κ2) is 10.3. The van der Waals surface area contributed by atoms with Crippen LogP contribution in [0.15, 0.2) is 60.9 Å². The van der Waals surface area contributed by atoms with Gasteiger partial charge in [0.15, 0.2) is 5.13 Å². The van der Waals surface area contributed by atoms with Gasteiger partial charge in [-0.05, 0) is 35.9 Å². The molecule has 11 heteroatoms. The minimum Gasteiger partial charge on any atom is -0.494 e. The van der Waals surface area contributed by atoms with Crippen molar-refractivity contribution in [2.24, 2.45) is 0 Å². The molecule has 0 unspecified atom stereocenters. The lowest BCUT2D eigenvalue weighted by Gasteiger charge is -2.28. The summed E-state index contributed by atoms with van der Waals surface area (Å²) < 4.78 is 11.7. The molecule has 0 spiro atoms. The molecule has 2 aromatic carbocycles. The van der Waals surface area contributed by atoms with Crippen LogP contribution in [0.2, 0.25) is 0 Å². The first-order chi connectivity index (χ1) is 17.5. The van der Waals surface area contributed by atoms with Gasteiger partial charge in [-0.25, -0.2) is 4.98 Å². The Morgan fingerprint density at radius 3 is 2.78 bits per heavy atom. The third kappa shape index (κ3) is 4.70. The predicted octanol–water partition coefficient (Wildman–Crippen LogP) is 4.29. The molecule has 1 aliphatic heterocycles. The molecule has 0 N–H and O–H groups in total. The average molecular weight is 506 g/mol. The number of methoxy groups -OCH3 is 1. The monoisotopic (exact) mass is 505 g/mol. The maximum Gasteiger partial charge on any atom is 0.293 e. The highest BCUT2D eigenvalue weighted by Gasteiger charge is 2.27. The fourth-order valence-electron chi connectivity index (χ4n) is 4.12. The number of carbonyl (C=O) groups excluding carboxylic acids is 1. The number of nitrogens with zero attached hydrogens (tertiary/aromatic N) is 5. The second-order valence-corrected chi connectivity index (χ2v) is 9.13. The van der Waals surface area contributed by atoms with Gasteiger partial charge in [-0.1, -0.05) is 23.5 Å². The van der Waals surface area contributed by atoms with Crippen molar-refractivity contribution < 1.29 is 19.2 Å². The first-order valence-electron chi connectivity index (χ1n) is 11.3. The Balaban J connectivity index is 1.56. The van der Waals surface area contributed by atoms with Crippen molar-refractivity contribution in [3.63, 3.8) is 0 Å². The number of hydrogen-bond acceptors (Lipinski definition) is 9. The summed E-state index contributed by atoms with van der Waals surface area (Å²) in [6.07, 6.45) is 3.34. The van der Waals surface area contributed by atoms with Crippen LogP contribution >= 0.6 is 11.3 Å². The number of carbonyl (C=O) groups is 1. The Kier molecular flexibility index (Phi) is 6.74. The number of thiazole rings is 1. The van der Waals surface area contributed by atoms with Crippen LogP contribution in [-0.4, -0.2) is 54.2 Å². The van der Waals surface area contributed by atoms with Crippen LogP contribution in [-0.2, 0) is 11.3 Å². The third-order valence-corrected chi connectivity index (χ3v) is 6.94. The fourth-order valence-corrected chi connectivity index (χ4v) is 5.10. The van der Waals surface area contributed by atoms with E-state index >= 15 is 0 Å². The molecule has 4 aromatic rings. The van der Waals surface area contributed by atoms with E-state index in [2.05, 4.69) is 4.98 Å². The fraction of sp³-hybridized carbons (Fsp3) is 0.240. The van der Waals surface area contributed by atoms with Crippen LogP contribution in [0.3, 0.4) is 0 Å². The predicted molar refractivity (Wildman–Crippen MR) is 137 cm³/mol. The van der Waals surface area contributed by atoms with Crippen LogP contribution < -0.4 is 14.5 Å².